The zero-order valence-electron chi connectivity index (χ0n) is 28.9. The molecule has 2 aliphatic heterocycles. The molecule has 3 N–H and O–H groups in total. The van der Waals surface area contributed by atoms with Gasteiger partial charge in [0.25, 0.3) is 30.4 Å². The van der Waals surface area contributed by atoms with Crippen LogP contribution in [0.25, 0.3) is 0 Å². The monoisotopic (exact) mass is 835 g/mol. The van der Waals surface area contributed by atoms with Crippen molar-refractivity contribution < 1.29 is 81.0 Å². The van der Waals surface area contributed by atoms with E-state index < -0.39 is 52.7 Å². The van der Waals surface area contributed by atoms with Crippen LogP contribution in [0.5, 0.6) is 0 Å². The van der Waals surface area contributed by atoms with Gasteiger partial charge in [-0.05, 0) is 68.1 Å². The number of aryl methyl sites for hydroxylation is 1. The molecular formula is C33H41BN3O10S3Y-. The SMILES string of the molecule is [B]c1cc2c([n+](CCCS(=O)(=O)O)c1)N=C(/C=C/C=C/C=C1/N(CCCS(=O)(=O)O)c3ccc(S(=O)(=O)O)cc3C1(C)CC[C-]=O)C2(C)C.[CH3-].[Y]. The first-order valence-corrected chi connectivity index (χ1v) is 20.0. The average Bonchev–Trinajstić information content (AvgIpc) is 3.36. The average molecular weight is 836 g/mol. The third kappa shape index (κ3) is 10.8. The minimum Gasteiger partial charge on any atom is -0.542 e. The summed E-state index contributed by atoms with van der Waals surface area (Å²) in [5.74, 6) is -0.281. The van der Waals surface area contributed by atoms with E-state index >= 15 is 0 Å². The molecule has 3 radical (unpaired) electrons. The van der Waals surface area contributed by atoms with Gasteiger partial charge in [0.15, 0.2) is 5.71 Å². The Hall–Kier alpha value is -2.37. The Morgan fingerprint density at radius 3 is 2.20 bits per heavy atom. The number of pyridine rings is 1. The van der Waals surface area contributed by atoms with Gasteiger partial charge < -0.3 is 17.1 Å². The summed E-state index contributed by atoms with van der Waals surface area (Å²) in [4.78, 5) is 17.6. The Morgan fingerprint density at radius 2 is 1.59 bits per heavy atom. The first kappa shape index (κ1) is 44.8. The van der Waals surface area contributed by atoms with Gasteiger partial charge in [0.2, 0.25) is 0 Å². The van der Waals surface area contributed by atoms with Gasteiger partial charge in [0.05, 0.1) is 40.1 Å². The topological polar surface area (TPSA) is 200 Å². The first-order chi connectivity index (χ1) is 22.7. The molecule has 0 aliphatic carbocycles. The second-order valence-corrected chi connectivity index (χ2v) is 17.2. The van der Waals surface area contributed by atoms with E-state index in [4.69, 9.17) is 17.4 Å². The van der Waals surface area contributed by atoms with Gasteiger partial charge in [-0.1, -0.05) is 36.2 Å². The van der Waals surface area contributed by atoms with Crippen LogP contribution in [-0.4, -0.2) is 76.8 Å². The standard InChI is InChI=1S/C32H38BN3O10S3.CH3.Y/c1-31(2)26-20-23(33)22-35(15-8-18-47(38,39)40)30(26)34-28(31)10-5-4-6-11-29-32(3,14-7-17-37)25-21-24(49(44,45)46)12-13-27(25)36(29)16-9-19-48(41,42)43;;/h4-6,10-13,20-22H,7-9,14-16,18-19H2,1-3H3,(H,38,39,40)(H,41,42,43)(H,44,45,46);1H3;/q;-1;. The van der Waals surface area contributed by atoms with E-state index in [1.165, 1.54) is 18.2 Å². The maximum Gasteiger partial charge on any atom is 0.327 e. The summed E-state index contributed by atoms with van der Waals surface area (Å²) in [6, 6.07) is 5.92. The van der Waals surface area contributed by atoms with E-state index in [2.05, 4.69) is 0 Å². The van der Waals surface area contributed by atoms with Crippen LogP contribution < -0.4 is 14.9 Å². The molecule has 0 amide bonds. The zero-order chi connectivity index (χ0) is 36.4. The number of nitrogens with zero attached hydrogens (tertiary/aromatic N) is 3. The number of aromatic nitrogens is 1. The van der Waals surface area contributed by atoms with Gasteiger partial charge in [-0.25, -0.2) is 4.57 Å². The van der Waals surface area contributed by atoms with Gasteiger partial charge in [0, 0.05) is 62.5 Å². The minimum absolute atomic E-state index is 0. The van der Waals surface area contributed by atoms with Gasteiger partial charge in [0.1, 0.15) is 7.85 Å². The number of allylic oxidation sites excluding steroid dienone is 6. The van der Waals surface area contributed by atoms with Crippen molar-refractivity contribution in [2.75, 3.05) is 23.0 Å². The number of aliphatic imine (C=N–C) groups is 1. The molecule has 2 aliphatic rings. The van der Waals surface area contributed by atoms with Crippen molar-refractivity contribution in [2.24, 2.45) is 4.99 Å². The predicted molar refractivity (Wildman–Crippen MR) is 193 cm³/mol. The second kappa shape index (κ2) is 17.2. The Bertz CT molecular complexity index is 2100. The van der Waals surface area contributed by atoms with E-state index in [1.54, 1.807) is 40.0 Å². The molecule has 18 heteroatoms. The van der Waals surface area contributed by atoms with Gasteiger partial charge in [-0.15, -0.1) is 0 Å². The van der Waals surface area contributed by atoms with Crippen LogP contribution in [0.2, 0.25) is 0 Å². The fourth-order valence-electron chi connectivity index (χ4n) is 6.23. The van der Waals surface area contributed by atoms with Crippen molar-refractivity contribution in [3.63, 3.8) is 0 Å². The zero-order valence-corrected chi connectivity index (χ0v) is 34.1. The van der Waals surface area contributed by atoms with Crippen molar-refractivity contribution >= 4 is 67.2 Å². The molecule has 3 heterocycles. The van der Waals surface area contributed by atoms with Crippen LogP contribution in [0.4, 0.5) is 11.5 Å². The maximum absolute atomic E-state index is 12.0. The van der Waals surface area contributed by atoms with E-state index in [9.17, 15) is 39.2 Å². The quantitative estimate of drug-likeness (QED) is 0.0784. The number of anilines is 1. The second-order valence-electron chi connectivity index (χ2n) is 12.7. The third-order valence-corrected chi connectivity index (χ3v) is 11.2. The summed E-state index contributed by atoms with van der Waals surface area (Å²) in [5.41, 5.74) is 2.27. The van der Waals surface area contributed by atoms with Crippen LogP contribution in [0.1, 0.15) is 57.6 Å². The molecule has 273 valence electrons. The number of benzene rings is 1. The van der Waals surface area contributed by atoms with Crippen molar-refractivity contribution in [3.8, 4) is 0 Å². The molecule has 1 aromatic heterocycles. The largest absolute Gasteiger partial charge is 0.542 e. The fourth-order valence-corrected chi connectivity index (χ4v) is 7.73. The summed E-state index contributed by atoms with van der Waals surface area (Å²) in [7, 11) is -6.76. The number of hydrogen-bond donors (Lipinski definition) is 3. The number of carbonyl (C=O) groups excluding carboxylic acids is 1. The normalized spacial score (nSPS) is 19.1. The Kier molecular flexibility index (Phi) is 15.1. The summed E-state index contributed by atoms with van der Waals surface area (Å²) in [5, 5.41) is 0. The minimum atomic E-state index is -4.55. The molecule has 2 aromatic rings. The molecule has 4 rings (SSSR count). The summed E-state index contributed by atoms with van der Waals surface area (Å²) in [6.07, 6.45) is 12.9. The molecule has 51 heavy (non-hydrogen) atoms. The number of fused-ring (bicyclic) bond motifs is 2. The number of hydrogen-bond acceptors (Lipinski definition) is 9. The van der Waals surface area contributed by atoms with Crippen LogP contribution in [-0.2, 0) is 85.2 Å². The maximum atomic E-state index is 12.0. The Balaban J connectivity index is 0.00000451. The van der Waals surface area contributed by atoms with E-state index in [0.29, 0.717) is 33.9 Å². The molecule has 13 nitrogen and oxygen atoms in total. The van der Waals surface area contributed by atoms with Crippen LogP contribution in [0.3, 0.4) is 0 Å². The van der Waals surface area contributed by atoms with Crippen molar-refractivity contribution in [1.29, 1.82) is 0 Å². The van der Waals surface area contributed by atoms with Gasteiger partial charge >= 0.3 is 5.82 Å². The Labute approximate surface area is 327 Å². The van der Waals surface area contributed by atoms with Crippen molar-refractivity contribution in [2.45, 2.75) is 68.7 Å². The molecule has 0 saturated heterocycles. The van der Waals surface area contributed by atoms with E-state index in [0.717, 1.165) is 5.56 Å². The third-order valence-electron chi connectivity index (χ3n) is 8.72. The van der Waals surface area contributed by atoms with Crippen LogP contribution in [0.15, 0.2) is 76.4 Å². The smallest absolute Gasteiger partial charge is 0.327 e. The van der Waals surface area contributed by atoms with Crippen LogP contribution >= 0.6 is 0 Å². The van der Waals surface area contributed by atoms with E-state index in [-0.39, 0.29) is 83.8 Å². The Morgan fingerprint density at radius 1 is 0.941 bits per heavy atom. The molecule has 0 bridgehead atoms. The first-order valence-electron chi connectivity index (χ1n) is 15.3. The fraction of sp³-hybridized carbons (Fsp3) is 0.394. The van der Waals surface area contributed by atoms with Gasteiger partial charge in [-0.3, -0.25) is 19.9 Å². The molecule has 1 unspecified atom stereocenters. The van der Waals surface area contributed by atoms with E-state index in [1.807, 2.05) is 39.2 Å². The van der Waals surface area contributed by atoms with Crippen LogP contribution in [0, 0.1) is 7.43 Å². The predicted octanol–water partition coefficient (Wildman–Crippen LogP) is 3.05. The van der Waals surface area contributed by atoms with Crippen molar-refractivity contribution in [1.82, 2.24) is 0 Å². The number of rotatable bonds is 15. The molecule has 0 fully saturated rings. The molecule has 0 saturated carbocycles. The molecule has 1 aromatic carbocycles. The summed E-state index contributed by atoms with van der Waals surface area (Å²) in [6.45, 7) is 6.19. The summed E-state index contributed by atoms with van der Waals surface area (Å²) >= 11 is 0. The molecule has 1 atom stereocenters. The molecular weight excluding hydrogens is 794 g/mol. The van der Waals surface area contributed by atoms with Crippen molar-refractivity contribution in [3.05, 3.63) is 85.1 Å². The van der Waals surface area contributed by atoms with Gasteiger partial charge in [-0.2, -0.15) is 31.7 Å². The summed E-state index contributed by atoms with van der Waals surface area (Å²) < 4.78 is 99.3. The molecule has 0 spiro atoms.